The Morgan fingerprint density at radius 2 is 1.04 bits per heavy atom. The first-order valence-corrected chi connectivity index (χ1v) is 18.8. The zero-order valence-electron chi connectivity index (χ0n) is 37.7. The third-order valence-corrected chi connectivity index (χ3v) is 13.5. The largest absolute Gasteiger partial charge is 0.0629 e. The third-order valence-electron chi connectivity index (χ3n) is 13.5. The highest BCUT2D eigenvalue weighted by atomic mass is 14.6. The van der Waals surface area contributed by atoms with Crippen LogP contribution in [0.25, 0.3) is 54.9 Å². The van der Waals surface area contributed by atoms with E-state index in [0.717, 1.165) is 47.3 Å². The lowest BCUT2D eigenvalue weighted by Crippen LogP contribution is -2.48. The maximum Gasteiger partial charge on any atom is 0.0629 e. The van der Waals surface area contributed by atoms with E-state index in [1.165, 1.54) is 49.7 Å². The molecule has 6 aromatic carbocycles. The average Bonchev–Trinajstić information content (AvgIpc) is 3.20. The van der Waals surface area contributed by atoms with Crippen LogP contribution in [0, 0.1) is 17.8 Å². The van der Waals surface area contributed by atoms with Crippen LogP contribution in [0.2, 0.25) is 0 Å². The third kappa shape index (κ3) is 4.63. The molecule has 0 unspecified atom stereocenters. The fourth-order valence-electron chi connectivity index (χ4n) is 11.4. The van der Waals surface area contributed by atoms with Crippen LogP contribution in [-0.2, 0) is 16.2 Å². The predicted octanol–water partition coefficient (Wildman–Crippen LogP) is 13.8. The zero-order valence-corrected chi connectivity index (χ0v) is 29.7. The van der Waals surface area contributed by atoms with Crippen LogP contribution in [0.15, 0.2) is 115 Å². The van der Waals surface area contributed by atoms with Gasteiger partial charge in [-0.05, 0) is 163 Å². The SMILES string of the molecule is [2H]c1c([2H])c([2H])c2c(-c3cc(-c4ccccc4)c4c(c3)C(C)(C)CCC4(C)C)c3c([2H])c([2H])c([2H])c([2H])c3c(-c3ccc(C45CC6CC(CC(C6)C4)C5)cc3)c2c1[2H]. The molecule has 0 heteroatoms. The second kappa shape index (κ2) is 10.9. The Morgan fingerprint density at radius 1 is 0.540 bits per heavy atom. The van der Waals surface area contributed by atoms with Gasteiger partial charge in [-0.15, -0.1) is 0 Å². The summed E-state index contributed by atoms with van der Waals surface area (Å²) in [7, 11) is 0. The Bertz CT molecular complexity index is 2610. The highest BCUT2D eigenvalue weighted by Gasteiger charge is 2.51. The van der Waals surface area contributed by atoms with Gasteiger partial charge < -0.3 is 0 Å². The molecule has 4 bridgehead atoms. The first-order chi connectivity index (χ1) is 27.5. The minimum atomic E-state index is -0.371. The molecule has 0 N–H and O–H groups in total. The van der Waals surface area contributed by atoms with Crippen molar-refractivity contribution in [1.82, 2.24) is 0 Å². The second-order valence-electron chi connectivity index (χ2n) is 17.6. The van der Waals surface area contributed by atoms with Gasteiger partial charge in [0.25, 0.3) is 0 Å². The molecule has 5 aliphatic carbocycles. The predicted molar refractivity (Wildman–Crippen MR) is 213 cm³/mol. The van der Waals surface area contributed by atoms with Crippen molar-refractivity contribution in [3.63, 3.8) is 0 Å². The van der Waals surface area contributed by atoms with Crippen LogP contribution >= 0.6 is 0 Å². The van der Waals surface area contributed by atoms with Gasteiger partial charge in [-0.25, -0.2) is 0 Å². The van der Waals surface area contributed by atoms with Crippen LogP contribution in [0.1, 0.15) is 107 Å². The van der Waals surface area contributed by atoms with Gasteiger partial charge >= 0.3 is 0 Å². The smallest absolute Gasteiger partial charge is 0.0622 e. The molecule has 0 amide bonds. The van der Waals surface area contributed by atoms with Crippen LogP contribution in [0.5, 0.6) is 0 Å². The molecule has 5 aliphatic rings. The molecule has 0 aromatic heterocycles. The number of benzene rings is 6. The number of fused-ring (bicyclic) bond motifs is 3. The highest BCUT2D eigenvalue weighted by Crippen LogP contribution is 2.61. The quantitative estimate of drug-likeness (QED) is 0.165. The summed E-state index contributed by atoms with van der Waals surface area (Å²) < 4.78 is 74.3. The van der Waals surface area contributed by atoms with Gasteiger partial charge in [-0.2, -0.15) is 0 Å². The second-order valence-corrected chi connectivity index (χ2v) is 17.6. The Labute approximate surface area is 310 Å². The average molecular weight is 659 g/mol. The van der Waals surface area contributed by atoms with Crippen molar-refractivity contribution in [3.05, 3.63) is 132 Å². The number of hydrogen-bond acceptors (Lipinski definition) is 0. The minimum absolute atomic E-state index is 0.152. The molecule has 4 fully saturated rings. The van der Waals surface area contributed by atoms with Gasteiger partial charge in [-0.1, -0.05) is 137 Å². The molecule has 0 heterocycles. The summed E-state index contributed by atoms with van der Waals surface area (Å²) in [4.78, 5) is 0. The molecule has 0 nitrogen and oxygen atoms in total. The van der Waals surface area contributed by atoms with Crippen molar-refractivity contribution in [3.8, 4) is 33.4 Å². The molecule has 50 heavy (non-hydrogen) atoms. The van der Waals surface area contributed by atoms with Crippen LogP contribution < -0.4 is 0 Å². The lowest BCUT2D eigenvalue weighted by Gasteiger charge is -2.57. The molecule has 4 saturated carbocycles. The zero-order chi connectivity index (χ0) is 40.8. The van der Waals surface area contributed by atoms with E-state index in [0.29, 0.717) is 22.3 Å². The molecule has 0 saturated heterocycles. The van der Waals surface area contributed by atoms with Gasteiger partial charge in [0.05, 0.1) is 11.0 Å². The summed E-state index contributed by atoms with van der Waals surface area (Å²) in [5.74, 6) is 2.34. The monoisotopic (exact) mass is 658 g/mol. The van der Waals surface area contributed by atoms with Gasteiger partial charge in [0.1, 0.15) is 0 Å². The van der Waals surface area contributed by atoms with E-state index < -0.39 is 0 Å². The van der Waals surface area contributed by atoms with Crippen molar-refractivity contribution in [2.24, 2.45) is 17.8 Å². The molecule has 250 valence electrons. The minimum Gasteiger partial charge on any atom is -0.0622 e. The number of hydrogen-bond donors (Lipinski definition) is 0. The lowest BCUT2D eigenvalue weighted by atomic mass is 9.48. The Morgan fingerprint density at radius 3 is 1.58 bits per heavy atom. The summed E-state index contributed by atoms with van der Waals surface area (Å²) in [6.07, 6.45) is 9.60. The highest BCUT2D eigenvalue weighted by molar-refractivity contribution is 6.21. The Kier molecular flexibility index (Phi) is 5.10. The fraction of sp³-hybridized carbons (Fsp3) is 0.360. The summed E-state index contributed by atoms with van der Waals surface area (Å²) in [6.45, 7) is 9.08. The van der Waals surface area contributed by atoms with Gasteiger partial charge in [-0.3, -0.25) is 0 Å². The van der Waals surface area contributed by atoms with E-state index in [1.807, 2.05) is 30.3 Å². The van der Waals surface area contributed by atoms with Crippen molar-refractivity contribution >= 4 is 21.5 Å². The summed E-state index contributed by atoms with van der Waals surface area (Å²) in [6, 6.07) is 20.6. The van der Waals surface area contributed by atoms with E-state index in [-0.39, 0.29) is 86.1 Å². The lowest BCUT2D eigenvalue weighted by molar-refractivity contribution is -0.00518. The standard InChI is InChI=1S/C50H50/c1-48(2)22-23-49(3,4)47-43(35-12-6-5-7-13-35)27-37(28-44(47)48)46-41-16-10-8-14-39(41)45(40-15-9-11-17-42(40)46)36-18-20-38(21-19-36)50-29-32-24-33(30-50)26-34(25-32)31-50/h5-21,27-28,32-34H,22-26,29-31H2,1-4H3/i8D,9D,10D,11D,14D,15D,16D,17D. The summed E-state index contributed by atoms with van der Waals surface area (Å²) >= 11 is 0. The molecular formula is C50H50. The van der Waals surface area contributed by atoms with Crippen molar-refractivity contribution in [1.29, 1.82) is 0 Å². The van der Waals surface area contributed by atoms with E-state index in [4.69, 9.17) is 5.48 Å². The first-order valence-electron chi connectivity index (χ1n) is 22.8. The molecule has 0 spiro atoms. The summed E-state index contributed by atoms with van der Waals surface area (Å²) in [5.41, 5.74) is 7.73. The van der Waals surface area contributed by atoms with Gasteiger partial charge in [0.15, 0.2) is 0 Å². The van der Waals surface area contributed by atoms with Crippen molar-refractivity contribution < 1.29 is 11.0 Å². The van der Waals surface area contributed by atoms with E-state index in [9.17, 15) is 5.48 Å². The first kappa shape index (κ1) is 23.3. The van der Waals surface area contributed by atoms with E-state index in [2.05, 4.69) is 64.1 Å². The molecular weight excluding hydrogens is 601 g/mol. The topological polar surface area (TPSA) is 0 Å². The van der Waals surface area contributed by atoms with Gasteiger partial charge in [0.2, 0.25) is 0 Å². The maximum atomic E-state index is 9.60. The Hall–Kier alpha value is -4.16. The molecule has 11 rings (SSSR count). The summed E-state index contributed by atoms with van der Waals surface area (Å²) in [5, 5.41) is 1.10. The van der Waals surface area contributed by atoms with Gasteiger partial charge in [0, 0.05) is 0 Å². The molecule has 0 atom stereocenters. The Balaban J connectivity index is 1.33. The molecule has 0 aliphatic heterocycles. The molecule has 0 radical (unpaired) electrons. The molecule has 6 aromatic rings. The van der Waals surface area contributed by atoms with Crippen LogP contribution in [-0.4, -0.2) is 0 Å². The van der Waals surface area contributed by atoms with Crippen molar-refractivity contribution in [2.75, 3.05) is 0 Å². The normalized spacial score (nSPS) is 28.2. The van der Waals surface area contributed by atoms with Crippen LogP contribution in [0.4, 0.5) is 0 Å². The van der Waals surface area contributed by atoms with E-state index >= 15 is 0 Å². The number of rotatable bonds is 4. The fourth-order valence-corrected chi connectivity index (χ4v) is 11.4. The van der Waals surface area contributed by atoms with E-state index in [1.54, 1.807) is 0 Å². The van der Waals surface area contributed by atoms with Crippen LogP contribution in [0.3, 0.4) is 0 Å². The maximum absolute atomic E-state index is 9.60. The van der Waals surface area contributed by atoms with Crippen molar-refractivity contribution in [2.45, 2.75) is 95.3 Å².